The molecule has 2 rings (SSSR count). The zero-order chi connectivity index (χ0) is 19.8. The zero-order valence-corrected chi connectivity index (χ0v) is 15.7. The van der Waals surface area contributed by atoms with Gasteiger partial charge in [-0.2, -0.15) is 0 Å². The Balaban J connectivity index is 1.95. The zero-order valence-electron chi connectivity index (χ0n) is 15.7. The normalized spacial score (nSPS) is 10.0. The first-order valence-corrected chi connectivity index (χ1v) is 8.40. The van der Waals surface area contributed by atoms with E-state index < -0.39 is 11.9 Å². The topological polar surface area (TPSA) is 73.9 Å². The highest BCUT2D eigenvalue weighted by Crippen LogP contribution is 2.28. The first-order chi connectivity index (χ1) is 12.9. The molecule has 0 heterocycles. The number of amides is 1. The summed E-state index contributed by atoms with van der Waals surface area (Å²) in [6.07, 6.45) is 1.61. The molecule has 2 aromatic carbocycles. The van der Waals surface area contributed by atoms with Crippen molar-refractivity contribution >= 4 is 17.6 Å². The third-order valence-corrected chi connectivity index (χ3v) is 3.88. The Morgan fingerprint density at radius 3 is 2.52 bits per heavy atom. The first-order valence-electron chi connectivity index (χ1n) is 8.40. The summed E-state index contributed by atoms with van der Waals surface area (Å²) >= 11 is 0. The summed E-state index contributed by atoms with van der Waals surface area (Å²) in [5, 5.41) is 2.70. The average Bonchev–Trinajstić information content (AvgIpc) is 2.67. The van der Waals surface area contributed by atoms with E-state index in [0.717, 1.165) is 11.1 Å². The number of carbonyl (C=O) groups excluding carboxylic acids is 2. The van der Waals surface area contributed by atoms with Gasteiger partial charge in [0.05, 0.1) is 12.7 Å². The van der Waals surface area contributed by atoms with Crippen molar-refractivity contribution in [1.82, 2.24) is 0 Å². The molecule has 1 amide bonds. The quantitative estimate of drug-likeness (QED) is 0.568. The Hall–Kier alpha value is -3.28. The van der Waals surface area contributed by atoms with Crippen molar-refractivity contribution < 1.29 is 23.8 Å². The van der Waals surface area contributed by atoms with Crippen molar-refractivity contribution in [1.29, 1.82) is 0 Å². The molecular formula is C21H23NO5. The molecular weight excluding hydrogens is 346 g/mol. The van der Waals surface area contributed by atoms with Crippen LogP contribution in [0.2, 0.25) is 0 Å². The fourth-order valence-corrected chi connectivity index (χ4v) is 2.29. The molecule has 0 saturated heterocycles. The summed E-state index contributed by atoms with van der Waals surface area (Å²) in [5.74, 6) is -0.157. The number of nitrogens with one attached hydrogen (secondary N) is 1. The summed E-state index contributed by atoms with van der Waals surface area (Å²) in [5.41, 5.74) is 3.12. The van der Waals surface area contributed by atoms with Gasteiger partial charge in [0.15, 0.2) is 18.1 Å². The standard InChI is InChI=1S/C21H23NO5/c1-5-10-26-18-9-7-16(12-19(18)25-4)21(24)27-13-20(23)22-17-8-6-14(2)15(3)11-17/h5-9,11-12H,1,10,13H2,2-4H3,(H,22,23). The highest BCUT2D eigenvalue weighted by atomic mass is 16.5. The van der Waals surface area contributed by atoms with Crippen molar-refractivity contribution in [3.05, 3.63) is 65.7 Å². The molecule has 0 spiro atoms. The number of anilines is 1. The maximum atomic E-state index is 12.2. The first kappa shape index (κ1) is 20.0. The number of hydrogen-bond acceptors (Lipinski definition) is 5. The summed E-state index contributed by atoms with van der Waals surface area (Å²) in [6.45, 7) is 7.46. The van der Waals surface area contributed by atoms with Crippen LogP contribution in [0.25, 0.3) is 0 Å². The Labute approximate surface area is 158 Å². The number of methoxy groups -OCH3 is 1. The summed E-state index contributed by atoms with van der Waals surface area (Å²) < 4.78 is 15.7. The highest BCUT2D eigenvalue weighted by molar-refractivity contribution is 5.95. The Kier molecular flexibility index (Phi) is 7.00. The lowest BCUT2D eigenvalue weighted by atomic mass is 10.1. The Morgan fingerprint density at radius 2 is 1.85 bits per heavy atom. The second kappa shape index (κ2) is 9.43. The highest BCUT2D eigenvalue weighted by Gasteiger charge is 2.14. The molecule has 0 aliphatic heterocycles. The lowest BCUT2D eigenvalue weighted by Gasteiger charge is -2.11. The summed E-state index contributed by atoms with van der Waals surface area (Å²) in [7, 11) is 1.47. The molecule has 0 fully saturated rings. The SMILES string of the molecule is C=CCOc1ccc(C(=O)OCC(=O)Nc2ccc(C)c(C)c2)cc1OC. The maximum Gasteiger partial charge on any atom is 0.338 e. The van der Waals surface area contributed by atoms with E-state index in [4.69, 9.17) is 14.2 Å². The minimum Gasteiger partial charge on any atom is -0.493 e. The van der Waals surface area contributed by atoms with Gasteiger partial charge in [-0.15, -0.1) is 0 Å². The van der Waals surface area contributed by atoms with Crippen LogP contribution in [0.3, 0.4) is 0 Å². The van der Waals surface area contributed by atoms with Crippen molar-refractivity contribution in [2.45, 2.75) is 13.8 Å². The van der Waals surface area contributed by atoms with Crippen LogP contribution in [0.5, 0.6) is 11.5 Å². The van der Waals surface area contributed by atoms with Crippen LogP contribution in [0.1, 0.15) is 21.5 Å². The van der Waals surface area contributed by atoms with E-state index in [2.05, 4.69) is 11.9 Å². The van der Waals surface area contributed by atoms with Gasteiger partial charge in [-0.25, -0.2) is 4.79 Å². The number of rotatable bonds is 8. The number of carbonyl (C=O) groups is 2. The van der Waals surface area contributed by atoms with Gasteiger partial charge in [-0.05, 0) is 55.3 Å². The summed E-state index contributed by atoms with van der Waals surface area (Å²) in [4.78, 5) is 24.2. The van der Waals surface area contributed by atoms with Gasteiger partial charge in [-0.1, -0.05) is 18.7 Å². The second-order valence-electron chi connectivity index (χ2n) is 5.89. The van der Waals surface area contributed by atoms with Crippen LogP contribution in [0, 0.1) is 13.8 Å². The van der Waals surface area contributed by atoms with E-state index in [1.165, 1.54) is 13.2 Å². The largest absolute Gasteiger partial charge is 0.493 e. The molecule has 0 aliphatic carbocycles. The third kappa shape index (κ3) is 5.60. The predicted molar refractivity (Wildman–Crippen MR) is 104 cm³/mol. The van der Waals surface area contributed by atoms with Crippen LogP contribution in [0.15, 0.2) is 49.1 Å². The van der Waals surface area contributed by atoms with Gasteiger partial charge in [0, 0.05) is 5.69 Å². The Morgan fingerprint density at radius 1 is 1.07 bits per heavy atom. The van der Waals surface area contributed by atoms with Gasteiger partial charge in [0.25, 0.3) is 5.91 Å². The molecule has 0 saturated carbocycles. The van der Waals surface area contributed by atoms with Crippen molar-refractivity contribution in [3.8, 4) is 11.5 Å². The van der Waals surface area contributed by atoms with Crippen LogP contribution >= 0.6 is 0 Å². The average molecular weight is 369 g/mol. The molecule has 142 valence electrons. The number of esters is 1. The van der Waals surface area contributed by atoms with Gasteiger partial charge in [0.1, 0.15) is 6.61 Å². The van der Waals surface area contributed by atoms with Crippen LogP contribution < -0.4 is 14.8 Å². The number of benzene rings is 2. The molecule has 0 bridgehead atoms. The Bertz CT molecular complexity index is 844. The number of hydrogen-bond donors (Lipinski definition) is 1. The van der Waals surface area contributed by atoms with Crippen molar-refractivity contribution in [2.75, 3.05) is 25.6 Å². The minimum atomic E-state index is -0.626. The lowest BCUT2D eigenvalue weighted by molar-refractivity contribution is -0.119. The molecule has 1 N–H and O–H groups in total. The molecule has 6 nitrogen and oxygen atoms in total. The molecule has 0 radical (unpaired) electrons. The van der Waals surface area contributed by atoms with Gasteiger partial charge in [-0.3, -0.25) is 4.79 Å². The van der Waals surface area contributed by atoms with E-state index in [1.54, 1.807) is 24.3 Å². The van der Waals surface area contributed by atoms with Crippen LogP contribution in [-0.2, 0) is 9.53 Å². The molecule has 6 heteroatoms. The van der Waals surface area contributed by atoms with E-state index in [-0.39, 0.29) is 12.2 Å². The van der Waals surface area contributed by atoms with Crippen LogP contribution in [0.4, 0.5) is 5.69 Å². The van der Waals surface area contributed by atoms with E-state index >= 15 is 0 Å². The van der Waals surface area contributed by atoms with Crippen molar-refractivity contribution in [2.24, 2.45) is 0 Å². The fraction of sp³-hybridized carbons (Fsp3) is 0.238. The minimum absolute atomic E-state index is 0.261. The molecule has 27 heavy (non-hydrogen) atoms. The molecule has 0 aromatic heterocycles. The number of aryl methyl sites for hydroxylation is 2. The van der Waals surface area contributed by atoms with Crippen LogP contribution in [-0.4, -0.2) is 32.2 Å². The predicted octanol–water partition coefficient (Wildman–Crippen LogP) is 3.67. The summed E-state index contributed by atoms with van der Waals surface area (Å²) in [6, 6.07) is 10.2. The molecule has 0 unspecified atom stereocenters. The van der Waals surface area contributed by atoms with Gasteiger partial charge < -0.3 is 19.5 Å². The van der Waals surface area contributed by atoms with E-state index in [0.29, 0.717) is 23.8 Å². The van der Waals surface area contributed by atoms with Crippen molar-refractivity contribution in [3.63, 3.8) is 0 Å². The van der Waals surface area contributed by atoms with E-state index in [1.807, 2.05) is 26.0 Å². The molecule has 0 aliphatic rings. The smallest absolute Gasteiger partial charge is 0.338 e. The van der Waals surface area contributed by atoms with Gasteiger partial charge in [0.2, 0.25) is 0 Å². The molecule has 2 aromatic rings. The lowest BCUT2D eigenvalue weighted by Crippen LogP contribution is -2.21. The molecule has 0 atom stereocenters. The van der Waals surface area contributed by atoms with Gasteiger partial charge >= 0.3 is 5.97 Å². The maximum absolute atomic E-state index is 12.2. The monoisotopic (exact) mass is 369 g/mol. The fourth-order valence-electron chi connectivity index (χ4n) is 2.29. The third-order valence-electron chi connectivity index (χ3n) is 3.88. The van der Waals surface area contributed by atoms with E-state index in [9.17, 15) is 9.59 Å². The number of ether oxygens (including phenoxy) is 3. The second-order valence-corrected chi connectivity index (χ2v) is 5.89.